The number of hydrogen-bond donors (Lipinski definition) is 1. The second kappa shape index (κ2) is 4.84. The molecule has 0 bridgehead atoms. The first kappa shape index (κ1) is 14.3. The minimum Gasteiger partial charge on any atom is -0.333 e. The van der Waals surface area contributed by atoms with Crippen molar-refractivity contribution in [2.24, 2.45) is 0 Å². The minimum absolute atomic E-state index is 0.107. The Hall–Kier alpha value is -0.780. The number of hydrogen-bond acceptors (Lipinski definition) is 3. The molecule has 0 atom stereocenters. The minimum atomic E-state index is -2.97. The highest BCUT2D eigenvalue weighted by atomic mass is 32.2. The fraction of sp³-hybridized carbons (Fsp3) is 0.909. The van der Waals surface area contributed by atoms with Crippen LogP contribution in [0.25, 0.3) is 0 Å². The molecule has 1 N–H and O–H groups in total. The maximum atomic E-state index is 11.8. The molecule has 2 amide bonds. The van der Waals surface area contributed by atoms with Gasteiger partial charge in [0.1, 0.15) is 9.84 Å². The predicted molar refractivity (Wildman–Crippen MR) is 67.7 cm³/mol. The summed E-state index contributed by atoms with van der Waals surface area (Å²) in [6.07, 6.45) is 2.34. The average Bonchev–Trinajstić information content (AvgIpc) is 2.14. The zero-order valence-electron chi connectivity index (χ0n) is 11.0. The Morgan fingerprint density at radius 1 is 1.24 bits per heavy atom. The summed E-state index contributed by atoms with van der Waals surface area (Å²) in [7, 11) is -2.97. The Labute approximate surface area is 103 Å². The van der Waals surface area contributed by atoms with Crippen molar-refractivity contribution in [1.29, 1.82) is 0 Å². The predicted octanol–water partition coefficient (Wildman–Crippen LogP) is 1.00. The molecule has 1 saturated heterocycles. The molecule has 0 aliphatic carbocycles. The van der Waals surface area contributed by atoms with Crippen LogP contribution in [0.4, 0.5) is 4.79 Å². The average molecular weight is 262 g/mol. The summed E-state index contributed by atoms with van der Waals surface area (Å²) >= 11 is 0. The molecule has 0 aromatic carbocycles. The van der Waals surface area contributed by atoms with Gasteiger partial charge in [0.25, 0.3) is 0 Å². The summed E-state index contributed by atoms with van der Waals surface area (Å²) in [4.78, 5) is 13.5. The van der Waals surface area contributed by atoms with Gasteiger partial charge in [-0.25, -0.2) is 13.2 Å². The lowest BCUT2D eigenvalue weighted by molar-refractivity contribution is 0.178. The Balaban J connectivity index is 2.50. The molecule has 0 aromatic heterocycles. The molecule has 0 spiro atoms. The van der Waals surface area contributed by atoms with Crippen molar-refractivity contribution in [3.05, 3.63) is 0 Å². The van der Waals surface area contributed by atoms with Gasteiger partial charge >= 0.3 is 6.03 Å². The van der Waals surface area contributed by atoms with Crippen molar-refractivity contribution in [3.8, 4) is 0 Å². The molecule has 1 aliphatic heterocycles. The van der Waals surface area contributed by atoms with E-state index >= 15 is 0 Å². The number of carbonyl (C=O) groups excluding carboxylic acids is 1. The first-order valence-corrected chi connectivity index (χ1v) is 7.81. The number of urea groups is 1. The van der Waals surface area contributed by atoms with Gasteiger partial charge in [-0.1, -0.05) is 0 Å². The zero-order valence-corrected chi connectivity index (χ0v) is 11.8. The fourth-order valence-corrected chi connectivity index (χ4v) is 2.95. The zero-order chi connectivity index (χ0) is 13.3. The summed E-state index contributed by atoms with van der Waals surface area (Å²) in [6, 6.07) is -0.107. The first-order valence-electron chi connectivity index (χ1n) is 5.85. The lowest BCUT2D eigenvalue weighted by Crippen LogP contribution is -2.51. The van der Waals surface area contributed by atoms with Gasteiger partial charge in [0, 0.05) is 24.9 Å². The number of nitrogens with zero attached hydrogens (tertiary/aromatic N) is 1. The molecule has 0 saturated carbocycles. The highest BCUT2D eigenvalue weighted by Crippen LogP contribution is 2.17. The summed E-state index contributed by atoms with van der Waals surface area (Å²) in [5.41, 5.74) is -0.259. The third kappa shape index (κ3) is 4.53. The number of sulfone groups is 1. The summed E-state index contributed by atoms with van der Waals surface area (Å²) in [6.45, 7) is 6.80. The SMILES string of the molecule is CC(C)(C)NC(=O)N1CCC(S(C)(=O)=O)CC1. The van der Waals surface area contributed by atoms with E-state index in [1.807, 2.05) is 20.8 Å². The second-order valence-electron chi connectivity index (χ2n) is 5.70. The smallest absolute Gasteiger partial charge is 0.317 e. The van der Waals surface area contributed by atoms with Gasteiger partial charge in [0.2, 0.25) is 0 Å². The maximum absolute atomic E-state index is 11.8. The van der Waals surface area contributed by atoms with Crippen LogP contribution in [0.5, 0.6) is 0 Å². The van der Waals surface area contributed by atoms with Crippen LogP contribution >= 0.6 is 0 Å². The molecular weight excluding hydrogens is 240 g/mol. The largest absolute Gasteiger partial charge is 0.333 e. The monoisotopic (exact) mass is 262 g/mol. The lowest BCUT2D eigenvalue weighted by atomic mass is 10.1. The van der Waals surface area contributed by atoms with Gasteiger partial charge in [-0.2, -0.15) is 0 Å². The summed E-state index contributed by atoms with van der Waals surface area (Å²) in [5.74, 6) is 0. The number of nitrogens with one attached hydrogen (secondary N) is 1. The Morgan fingerprint density at radius 2 is 1.71 bits per heavy atom. The van der Waals surface area contributed by atoms with Gasteiger partial charge in [0.15, 0.2) is 0 Å². The molecular formula is C11H22N2O3S. The van der Waals surface area contributed by atoms with Gasteiger partial charge in [0.05, 0.1) is 5.25 Å². The van der Waals surface area contributed by atoms with Crippen LogP contribution in [0.15, 0.2) is 0 Å². The fourth-order valence-electron chi connectivity index (χ4n) is 1.89. The van der Waals surface area contributed by atoms with Crippen LogP contribution in [0.1, 0.15) is 33.6 Å². The van der Waals surface area contributed by atoms with E-state index in [0.717, 1.165) is 0 Å². The molecule has 0 unspecified atom stereocenters. The topological polar surface area (TPSA) is 66.5 Å². The van der Waals surface area contributed by atoms with Crippen LogP contribution in [-0.2, 0) is 9.84 Å². The normalized spacial score (nSPS) is 19.2. The molecule has 5 nitrogen and oxygen atoms in total. The van der Waals surface area contributed by atoms with E-state index in [0.29, 0.717) is 25.9 Å². The molecule has 0 aromatic rings. The molecule has 1 fully saturated rings. The number of rotatable bonds is 1. The van der Waals surface area contributed by atoms with Crippen LogP contribution < -0.4 is 5.32 Å². The van der Waals surface area contributed by atoms with Gasteiger partial charge in [-0.15, -0.1) is 0 Å². The van der Waals surface area contributed by atoms with Crippen LogP contribution in [0, 0.1) is 0 Å². The summed E-state index contributed by atoms with van der Waals surface area (Å²) in [5, 5.41) is 2.59. The summed E-state index contributed by atoms with van der Waals surface area (Å²) < 4.78 is 22.7. The molecule has 0 radical (unpaired) electrons. The van der Waals surface area contributed by atoms with Crippen molar-refractivity contribution in [2.45, 2.75) is 44.4 Å². The Morgan fingerprint density at radius 3 is 2.06 bits per heavy atom. The molecule has 1 rings (SSSR count). The van der Waals surface area contributed by atoms with Gasteiger partial charge in [-0.05, 0) is 33.6 Å². The highest BCUT2D eigenvalue weighted by Gasteiger charge is 2.29. The molecule has 1 heterocycles. The quantitative estimate of drug-likeness (QED) is 0.766. The van der Waals surface area contributed by atoms with Gasteiger partial charge in [-0.3, -0.25) is 0 Å². The van der Waals surface area contributed by atoms with Crippen LogP contribution in [0.3, 0.4) is 0 Å². The standard InChI is InChI=1S/C11H22N2O3S/c1-11(2,3)12-10(14)13-7-5-9(6-8-13)17(4,15)16/h9H,5-8H2,1-4H3,(H,12,14). The highest BCUT2D eigenvalue weighted by molar-refractivity contribution is 7.91. The van der Waals surface area contributed by atoms with E-state index in [1.165, 1.54) is 6.26 Å². The molecule has 6 heteroatoms. The van der Waals surface area contributed by atoms with Crippen molar-refractivity contribution >= 4 is 15.9 Å². The Kier molecular flexibility index (Phi) is 4.06. The van der Waals surface area contributed by atoms with E-state index in [-0.39, 0.29) is 16.8 Å². The molecule has 100 valence electrons. The van der Waals surface area contributed by atoms with Crippen LogP contribution in [0.2, 0.25) is 0 Å². The van der Waals surface area contributed by atoms with E-state index < -0.39 is 9.84 Å². The number of piperidine rings is 1. The number of likely N-dealkylation sites (tertiary alicyclic amines) is 1. The van der Waals surface area contributed by atoms with Crippen molar-refractivity contribution in [2.75, 3.05) is 19.3 Å². The van der Waals surface area contributed by atoms with Crippen molar-refractivity contribution in [3.63, 3.8) is 0 Å². The Bertz CT molecular complexity index is 376. The number of amides is 2. The third-order valence-corrected chi connectivity index (χ3v) is 4.50. The van der Waals surface area contributed by atoms with E-state index in [2.05, 4.69) is 5.32 Å². The molecule has 17 heavy (non-hydrogen) atoms. The van der Waals surface area contributed by atoms with Crippen LogP contribution in [-0.4, -0.2) is 49.5 Å². The third-order valence-electron chi connectivity index (χ3n) is 2.82. The van der Waals surface area contributed by atoms with E-state index in [1.54, 1.807) is 4.90 Å². The lowest BCUT2D eigenvalue weighted by Gasteiger charge is -2.33. The van der Waals surface area contributed by atoms with Gasteiger partial charge < -0.3 is 10.2 Å². The van der Waals surface area contributed by atoms with E-state index in [4.69, 9.17) is 0 Å². The maximum Gasteiger partial charge on any atom is 0.317 e. The molecule has 1 aliphatic rings. The second-order valence-corrected chi connectivity index (χ2v) is 8.02. The van der Waals surface area contributed by atoms with Crippen molar-refractivity contribution < 1.29 is 13.2 Å². The first-order chi connectivity index (χ1) is 7.59. The van der Waals surface area contributed by atoms with E-state index in [9.17, 15) is 13.2 Å². The number of carbonyl (C=O) groups is 1. The van der Waals surface area contributed by atoms with Crippen molar-refractivity contribution in [1.82, 2.24) is 10.2 Å².